The summed E-state index contributed by atoms with van der Waals surface area (Å²) in [6, 6.07) is 8.97. The molecule has 1 atom stereocenters. The van der Waals surface area contributed by atoms with Gasteiger partial charge in [-0.05, 0) is 52.4 Å². The van der Waals surface area contributed by atoms with E-state index in [9.17, 15) is 4.79 Å². The molecule has 0 aliphatic carbocycles. The molecule has 8 heteroatoms. The van der Waals surface area contributed by atoms with Gasteiger partial charge in [0.15, 0.2) is 0 Å². The number of ether oxygens (including phenoxy) is 1. The second-order valence-corrected chi connectivity index (χ2v) is 6.49. The predicted octanol–water partition coefficient (Wildman–Crippen LogP) is 4.51. The van der Waals surface area contributed by atoms with E-state index < -0.39 is 0 Å². The lowest BCUT2D eigenvalue weighted by Crippen LogP contribution is -2.12. The van der Waals surface area contributed by atoms with Crippen LogP contribution in [0, 0.1) is 0 Å². The highest BCUT2D eigenvalue weighted by atomic mass is 127. The summed E-state index contributed by atoms with van der Waals surface area (Å²) in [6.07, 6.45) is 3.86. The third-order valence-electron chi connectivity index (χ3n) is 3.12. The number of methoxy groups -OCH3 is 1. The highest BCUT2D eigenvalue weighted by Crippen LogP contribution is 2.28. The molecular weight excluding hydrogens is 438 g/mol. The van der Waals surface area contributed by atoms with Crippen molar-refractivity contribution in [3.05, 3.63) is 48.3 Å². The number of rotatable bonds is 4. The van der Waals surface area contributed by atoms with Gasteiger partial charge < -0.3 is 10.1 Å². The Morgan fingerprint density at radius 2 is 2.04 bits per heavy atom. The molecule has 2 heterocycles. The van der Waals surface area contributed by atoms with Gasteiger partial charge in [-0.15, -0.1) is 0 Å². The zero-order valence-corrected chi connectivity index (χ0v) is 16.7. The fourth-order valence-corrected chi connectivity index (χ4v) is 3.55. The van der Waals surface area contributed by atoms with Gasteiger partial charge in [-0.25, -0.2) is 9.44 Å². The van der Waals surface area contributed by atoms with E-state index >= 15 is 0 Å². The molecule has 0 aliphatic rings. The number of fused-ring (bicyclic) bond motifs is 1. The third kappa shape index (κ3) is 4.21. The van der Waals surface area contributed by atoms with Gasteiger partial charge in [0, 0.05) is 10.9 Å². The van der Waals surface area contributed by atoms with Crippen LogP contribution in [0.15, 0.2) is 42.7 Å². The Kier molecular flexibility index (Phi) is 6.93. The first kappa shape index (κ1) is 18.6. The number of halogens is 1. The fourth-order valence-electron chi connectivity index (χ4n) is 2.01. The number of hydrogen-bond acceptors (Lipinski definition) is 4. The molecule has 1 unspecified atom stereocenters. The molecule has 1 aromatic carbocycles. The zero-order chi connectivity index (χ0) is 17.5. The van der Waals surface area contributed by atoms with Crippen molar-refractivity contribution in [2.75, 3.05) is 12.4 Å². The smallest absolute Gasteiger partial charge is 0.256 e. The van der Waals surface area contributed by atoms with Crippen molar-refractivity contribution in [1.82, 2.24) is 14.5 Å². The molecule has 126 valence electrons. The number of amides is 1. The summed E-state index contributed by atoms with van der Waals surface area (Å²) < 4.78 is 6.94. The number of carbonyl (C=O) groups is 1. The largest absolute Gasteiger partial charge is 0.495 e. The Bertz CT molecular complexity index is 821. The van der Waals surface area contributed by atoms with Crippen molar-refractivity contribution < 1.29 is 9.53 Å². The molecule has 0 saturated heterocycles. The molecule has 0 aliphatic heterocycles. The molecular formula is C16H18IN4O2P. The molecule has 1 amide bonds. The number of carbonyl (C=O) groups excluding carboxylic acids is 1. The SMILES string of the molecule is CC.COc1ccc(NC(=O)c2ccc3c(cnn3PI)c2)nc1. The minimum absolute atomic E-state index is 0.204. The van der Waals surface area contributed by atoms with Gasteiger partial charge in [-0.3, -0.25) is 4.79 Å². The van der Waals surface area contributed by atoms with Crippen LogP contribution in [-0.2, 0) is 0 Å². The van der Waals surface area contributed by atoms with E-state index in [0.29, 0.717) is 23.5 Å². The number of nitrogens with zero attached hydrogens (tertiary/aromatic N) is 3. The van der Waals surface area contributed by atoms with Gasteiger partial charge in [-0.1, -0.05) is 13.8 Å². The standard InChI is InChI=1S/C14H12IN4O2P.C2H6/c1-21-11-3-5-13(16-8-11)18-14(20)9-2-4-12-10(6-9)7-17-19(12)22-15;1-2/h2-8,22H,1H3,(H,16,18,20);1-2H3. The molecule has 0 spiro atoms. The number of anilines is 1. The van der Waals surface area contributed by atoms with E-state index in [2.05, 4.69) is 37.4 Å². The summed E-state index contributed by atoms with van der Waals surface area (Å²) >= 11 is 2.27. The van der Waals surface area contributed by atoms with Gasteiger partial charge in [-0.2, -0.15) is 5.10 Å². The Morgan fingerprint density at radius 3 is 2.67 bits per heavy atom. The van der Waals surface area contributed by atoms with Crippen LogP contribution in [0.25, 0.3) is 10.9 Å². The molecule has 3 rings (SSSR count). The molecule has 6 nitrogen and oxygen atoms in total. The van der Waals surface area contributed by atoms with Crippen molar-refractivity contribution in [2.45, 2.75) is 13.8 Å². The average Bonchev–Trinajstić information content (AvgIpc) is 3.06. The third-order valence-corrected chi connectivity index (χ3v) is 5.01. The zero-order valence-electron chi connectivity index (χ0n) is 13.6. The molecule has 0 fully saturated rings. The van der Waals surface area contributed by atoms with Gasteiger partial charge in [0.05, 0.1) is 31.4 Å². The Hall–Kier alpha value is -1.73. The van der Waals surface area contributed by atoms with Crippen LogP contribution >= 0.6 is 28.4 Å². The first-order valence-electron chi connectivity index (χ1n) is 7.37. The van der Waals surface area contributed by atoms with Crippen LogP contribution in [0.5, 0.6) is 5.75 Å². The maximum absolute atomic E-state index is 12.3. The average molecular weight is 456 g/mol. The van der Waals surface area contributed by atoms with Gasteiger partial charge >= 0.3 is 0 Å². The molecule has 3 aromatic rings. The Labute approximate surface area is 155 Å². The molecule has 1 N–H and O–H groups in total. The number of aromatic nitrogens is 3. The van der Waals surface area contributed by atoms with Crippen LogP contribution in [0.1, 0.15) is 24.2 Å². The maximum Gasteiger partial charge on any atom is 0.256 e. The summed E-state index contributed by atoms with van der Waals surface area (Å²) in [5.41, 5.74) is 1.59. The molecule has 0 bridgehead atoms. The first-order valence-corrected chi connectivity index (χ1v) is 11.4. The highest BCUT2D eigenvalue weighted by molar-refractivity contribution is 14.2. The minimum Gasteiger partial charge on any atom is -0.495 e. The second kappa shape index (κ2) is 8.94. The monoisotopic (exact) mass is 456 g/mol. The highest BCUT2D eigenvalue weighted by Gasteiger charge is 2.10. The fraction of sp³-hybridized carbons (Fsp3) is 0.188. The minimum atomic E-state index is -0.204. The Balaban J connectivity index is 0.00000100. The number of pyridine rings is 1. The summed E-state index contributed by atoms with van der Waals surface area (Å²) in [7, 11) is 1.57. The van der Waals surface area contributed by atoms with Crippen molar-refractivity contribution >= 4 is 51.0 Å². The first-order chi connectivity index (χ1) is 11.7. The second-order valence-electron chi connectivity index (χ2n) is 4.45. The van der Waals surface area contributed by atoms with Crippen molar-refractivity contribution in [3.8, 4) is 5.75 Å². The van der Waals surface area contributed by atoms with E-state index in [1.807, 2.05) is 30.4 Å². The number of benzene rings is 1. The van der Waals surface area contributed by atoms with Gasteiger partial charge in [0.25, 0.3) is 5.91 Å². The van der Waals surface area contributed by atoms with E-state index in [-0.39, 0.29) is 5.91 Å². The van der Waals surface area contributed by atoms with E-state index in [1.165, 1.54) is 0 Å². The van der Waals surface area contributed by atoms with Gasteiger partial charge in [0.2, 0.25) is 0 Å². The lowest BCUT2D eigenvalue weighted by atomic mass is 10.1. The van der Waals surface area contributed by atoms with Crippen LogP contribution < -0.4 is 10.1 Å². The lowest BCUT2D eigenvalue weighted by molar-refractivity contribution is 0.102. The summed E-state index contributed by atoms with van der Waals surface area (Å²) in [4.78, 5) is 16.4. The van der Waals surface area contributed by atoms with Crippen LogP contribution in [0.4, 0.5) is 5.82 Å². The molecule has 24 heavy (non-hydrogen) atoms. The predicted molar refractivity (Wildman–Crippen MR) is 108 cm³/mol. The van der Waals surface area contributed by atoms with Crippen molar-refractivity contribution in [2.24, 2.45) is 0 Å². The van der Waals surface area contributed by atoms with Crippen molar-refractivity contribution in [3.63, 3.8) is 0 Å². The van der Waals surface area contributed by atoms with E-state index in [0.717, 1.165) is 10.9 Å². The van der Waals surface area contributed by atoms with Crippen molar-refractivity contribution in [1.29, 1.82) is 0 Å². The molecule has 0 saturated carbocycles. The Morgan fingerprint density at radius 1 is 1.25 bits per heavy atom. The number of nitrogens with one attached hydrogen (secondary N) is 1. The van der Waals surface area contributed by atoms with Crippen LogP contribution in [-0.4, -0.2) is 27.6 Å². The quantitative estimate of drug-likeness (QED) is 0.464. The van der Waals surface area contributed by atoms with E-state index in [1.54, 1.807) is 37.7 Å². The number of hydrogen-bond donors (Lipinski definition) is 1. The van der Waals surface area contributed by atoms with Crippen LogP contribution in [0.3, 0.4) is 0 Å². The van der Waals surface area contributed by atoms with Crippen LogP contribution in [0.2, 0.25) is 0 Å². The summed E-state index contributed by atoms with van der Waals surface area (Å²) in [6.45, 7) is 4.00. The van der Waals surface area contributed by atoms with Gasteiger partial charge in [0.1, 0.15) is 11.6 Å². The summed E-state index contributed by atoms with van der Waals surface area (Å²) in [5, 5.41) is 7.99. The molecule has 2 aromatic heterocycles. The molecule has 0 radical (unpaired) electrons. The normalized spacial score (nSPS) is 10.5. The lowest BCUT2D eigenvalue weighted by Gasteiger charge is -2.06. The topological polar surface area (TPSA) is 69.0 Å². The van der Waals surface area contributed by atoms with E-state index in [4.69, 9.17) is 4.74 Å². The maximum atomic E-state index is 12.3. The summed E-state index contributed by atoms with van der Waals surface area (Å²) in [5.74, 6) is 0.922.